The molecule has 4 aromatic rings. The summed E-state index contributed by atoms with van der Waals surface area (Å²) in [7, 11) is 0. The van der Waals surface area contributed by atoms with E-state index in [-0.39, 0.29) is 5.91 Å². The number of rotatable bonds is 5. The largest absolute Gasteiger partial charge is 0.346 e. The molecule has 2 heterocycles. The molecule has 0 saturated carbocycles. The van der Waals surface area contributed by atoms with Gasteiger partial charge in [0.1, 0.15) is 5.03 Å². The zero-order valence-corrected chi connectivity index (χ0v) is 16.4. The lowest BCUT2D eigenvalue weighted by Gasteiger charge is -2.10. The maximum Gasteiger partial charge on any atom is 0.252 e. The van der Waals surface area contributed by atoms with Gasteiger partial charge in [-0.2, -0.15) is 0 Å². The Bertz CT molecular complexity index is 1120. The normalized spacial score (nSPS) is 10.8. The van der Waals surface area contributed by atoms with E-state index in [1.54, 1.807) is 6.20 Å². The standard InChI is InChI=1S/C22H16ClN3OS/c23-15-8-10-17(11-9-15)28-21-13-19(18-6-1-2-7-20(18)26-21)22(27)25-14-16-5-3-4-12-24-16/h1-13H,14H2,(H,25,27). The molecule has 0 bridgehead atoms. The van der Waals surface area contributed by atoms with Crippen LogP contribution in [0.4, 0.5) is 0 Å². The van der Waals surface area contributed by atoms with Crippen LogP contribution in [0.2, 0.25) is 5.02 Å². The summed E-state index contributed by atoms with van der Waals surface area (Å²) in [4.78, 5) is 22.8. The molecule has 0 aliphatic carbocycles. The van der Waals surface area contributed by atoms with E-state index >= 15 is 0 Å². The van der Waals surface area contributed by atoms with E-state index < -0.39 is 0 Å². The molecule has 0 saturated heterocycles. The minimum absolute atomic E-state index is 0.151. The summed E-state index contributed by atoms with van der Waals surface area (Å²) in [5, 5.41) is 5.21. The maximum absolute atomic E-state index is 12.9. The van der Waals surface area contributed by atoms with Gasteiger partial charge in [-0.15, -0.1) is 0 Å². The molecule has 0 spiro atoms. The van der Waals surface area contributed by atoms with Gasteiger partial charge in [-0.3, -0.25) is 9.78 Å². The maximum atomic E-state index is 12.9. The lowest BCUT2D eigenvalue weighted by Crippen LogP contribution is -2.23. The molecule has 0 radical (unpaired) electrons. The van der Waals surface area contributed by atoms with Gasteiger partial charge < -0.3 is 5.32 Å². The summed E-state index contributed by atoms with van der Waals surface area (Å²) in [6.45, 7) is 0.371. The second-order valence-electron chi connectivity index (χ2n) is 6.08. The molecule has 1 amide bonds. The van der Waals surface area contributed by atoms with Crippen molar-refractivity contribution in [1.82, 2.24) is 15.3 Å². The molecule has 1 N–H and O–H groups in total. The number of hydrogen-bond donors (Lipinski definition) is 1. The van der Waals surface area contributed by atoms with Gasteiger partial charge in [-0.25, -0.2) is 4.98 Å². The number of carbonyl (C=O) groups excluding carboxylic acids is 1. The van der Waals surface area contributed by atoms with Crippen molar-refractivity contribution in [2.24, 2.45) is 0 Å². The van der Waals surface area contributed by atoms with Crippen LogP contribution in [0.1, 0.15) is 16.1 Å². The summed E-state index contributed by atoms with van der Waals surface area (Å²) in [6.07, 6.45) is 1.71. The second kappa shape index (κ2) is 8.42. The zero-order chi connectivity index (χ0) is 19.3. The number of nitrogens with zero attached hydrogens (tertiary/aromatic N) is 2. The highest BCUT2D eigenvalue weighted by Gasteiger charge is 2.14. The molecule has 0 aliphatic heterocycles. The third-order valence-electron chi connectivity index (χ3n) is 4.13. The number of hydrogen-bond acceptors (Lipinski definition) is 4. The minimum Gasteiger partial charge on any atom is -0.346 e. The van der Waals surface area contributed by atoms with Crippen LogP contribution in [0.15, 0.2) is 88.9 Å². The van der Waals surface area contributed by atoms with Gasteiger partial charge in [0.15, 0.2) is 0 Å². The summed E-state index contributed by atoms with van der Waals surface area (Å²) in [5.41, 5.74) is 2.19. The molecule has 0 fully saturated rings. The first-order chi connectivity index (χ1) is 13.7. The van der Waals surface area contributed by atoms with E-state index in [9.17, 15) is 4.79 Å². The smallest absolute Gasteiger partial charge is 0.252 e. The Balaban J connectivity index is 1.64. The number of benzene rings is 2. The molecule has 4 rings (SSSR count). The van der Waals surface area contributed by atoms with Gasteiger partial charge in [0.05, 0.1) is 23.3 Å². The average Bonchev–Trinajstić information content (AvgIpc) is 2.74. The Hall–Kier alpha value is -2.89. The van der Waals surface area contributed by atoms with E-state index in [1.807, 2.05) is 72.8 Å². The highest BCUT2D eigenvalue weighted by Crippen LogP contribution is 2.30. The van der Waals surface area contributed by atoms with Crippen molar-refractivity contribution < 1.29 is 4.79 Å². The number of pyridine rings is 2. The monoisotopic (exact) mass is 405 g/mol. The molecule has 2 aromatic carbocycles. The topological polar surface area (TPSA) is 54.9 Å². The Labute approximate surface area is 172 Å². The number of halogens is 1. The van der Waals surface area contributed by atoms with Gasteiger partial charge in [-0.05, 0) is 48.5 Å². The highest BCUT2D eigenvalue weighted by molar-refractivity contribution is 7.99. The Morgan fingerprint density at radius 2 is 1.79 bits per heavy atom. The summed E-state index contributed by atoms with van der Waals surface area (Å²) >= 11 is 7.46. The molecular formula is C22H16ClN3OS. The number of carbonyl (C=O) groups is 1. The van der Waals surface area contributed by atoms with E-state index in [4.69, 9.17) is 16.6 Å². The molecule has 6 heteroatoms. The highest BCUT2D eigenvalue weighted by atomic mass is 35.5. The van der Waals surface area contributed by atoms with Gasteiger partial charge in [0.2, 0.25) is 0 Å². The van der Waals surface area contributed by atoms with Crippen LogP contribution in [0, 0.1) is 0 Å². The van der Waals surface area contributed by atoms with Gasteiger partial charge in [0.25, 0.3) is 5.91 Å². The van der Waals surface area contributed by atoms with Crippen molar-refractivity contribution in [3.05, 3.63) is 95.3 Å². The molecule has 138 valence electrons. The molecule has 0 aliphatic rings. The zero-order valence-electron chi connectivity index (χ0n) is 14.8. The average molecular weight is 406 g/mol. The van der Waals surface area contributed by atoms with Crippen LogP contribution in [-0.4, -0.2) is 15.9 Å². The summed E-state index contributed by atoms with van der Waals surface area (Å²) < 4.78 is 0. The number of para-hydroxylation sites is 1. The number of aromatic nitrogens is 2. The van der Waals surface area contributed by atoms with E-state index in [1.165, 1.54) is 11.8 Å². The van der Waals surface area contributed by atoms with E-state index in [2.05, 4.69) is 10.3 Å². The van der Waals surface area contributed by atoms with Crippen LogP contribution < -0.4 is 5.32 Å². The third-order valence-corrected chi connectivity index (χ3v) is 5.31. The molecule has 0 atom stereocenters. The lowest BCUT2D eigenvalue weighted by molar-refractivity contribution is 0.0951. The Morgan fingerprint density at radius 3 is 2.57 bits per heavy atom. The van der Waals surface area contributed by atoms with Crippen molar-refractivity contribution in [1.29, 1.82) is 0 Å². The van der Waals surface area contributed by atoms with Crippen molar-refractivity contribution >= 4 is 40.2 Å². The summed E-state index contributed by atoms with van der Waals surface area (Å²) in [6, 6.07) is 22.7. The molecule has 2 aromatic heterocycles. The first-order valence-corrected chi connectivity index (χ1v) is 9.90. The van der Waals surface area contributed by atoms with Crippen molar-refractivity contribution in [3.8, 4) is 0 Å². The van der Waals surface area contributed by atoms with Crippen LogP contribution in [-0.2, 0) is 6.54 Å². The van der Waals surface area contributed by atoms with Crippen molar-refractivity contribution in [3.63, 3.8) is 0 Å². The number of amides is 1. The lowest BCUT2D eigenvalue weighted by atomic mass is 10.1. The second-order valence-corrected chi connectivity index (χ2v) is 7.62. The van der Waals surface area contributed by atoms with Crippen LogP contribution in [0.5, 0.6) is 0 Å². The SMILES string of the molecule is O=C(NCc1ccccn1)c1cc(Sc2ccc(Cl)cc2)nc2ccccc12. The number of nitrogens with one attached hydrogen (secondary N) is 1. The predicted octanol–water partition coefficient (Wildman–Crippen LogP) is 5.36. The molecular weight excluding hydrogens is 390 g/mol. The van der Waals surface area contributed by atoms with Crippen LogP contribution in [0.25, 0.3) is 10.9 Å². The van der Waals surface area contributed by atoms with Crippen LogP contribution >= 0.6 is 23.4 Å². The van der Waals surface area contributed by atoms with Crippen molar-refractivity contribution in [2.45, 2.75) is 16.5 Å². The van der Waals surface area contributed by atoms with Crippen LogP contribution in [0.3, 0.4) is 0 Å². The van der Waals surface area contributed by atoms with Gasteiger partial charge >= 0.3 is 0 Å². The minimum atomic E-state index is -0.151. The van der Waals surface area contributed by atoms with Gasteiger partial charge in [-0.1, -0.05) is 47.6 Å². The molecule has 4 nitrogen and oxygen atoms in total. The number of fused-ring (bicyclic) bond motifs is 1. The first-order valence-electron chi connectivity index (χ1n) is 8.70. The molecule has 0 unspecified atom stereocenters. The first kappa shape index (κ1) is 18.5. The Morgan fingerprint density at radius 1 is 1.00 bits per heavy atom. The Kier molecular flexibility index (Phi) is 5.55. The quantitative estimate of drug-likeness (QED) is 0.485. The third kappa shape index (κ3) is 4.32. The van der Waals surface area contributed by atoms with E-state index in [0.717, 1.165) is 26.5 Å². The fraction of sp³-hybridized carbons (Fsp3) is 0.0455. The van der Waals surface area contributed by atoms with E-state index in [0.29, 0.717) is 17.1 Å². The predicted molar refractivity (Wildman–Crippen MR) is 113 cm³/mol. The molecule has 28 heavy (non-hydrogen) atoms. The summed E-state index contributed by atoms with van der Waals surface area (Å²) in [5.74, 6) is -0.151. The fourth-order valence-electron chi connectivity index (χ4n) is 2.78. The van der Waals surface area contributed by atoms with Gasteiger partial charge in [0, 0.05) is 21.5 Å². The van der Waals surface area contributed by atoms with Crippen molar-refractivity contribution in [2.75, 3.05) is 0 Å². The fourth-order valence-corrected chi connectivity index (χ4v) is 3.74.